The standard InChI is InChI=1S/C20H18N4O3/c1-12-6-5-9-17-22-14(11-23(12)17)10-21-18(25)13(2)24-19(26)15-7-3-4-8-16(15)20(24)27/h3-9,11,13H,10H2,1-2H3,(H,21,25). The number of pyridine rings is 1. The monoisotopic (exact) mass is 362 g/mol. The summed E-state index contributed by atoms with van der Waals surface area (Å²) in [7, 11) is 0. The van der Waals surface area contributed by atoms with Gasteiger partial charge in [-0.05, 0) is 38.1 Å². The molecule has 1 atom stereocenters. The predicted octanol–water partition coefficient (Wildman–Crippen LogP) is 1.94. The molecule has 4 rings (SSSR count). The lowest BCUT2D eigenvalue weighted by Gasteiger charge is -2.21. The van der Waals surface area contributed by atoms with Crippen molar-refractivity contribution in [1.82, 2.24) is 19.6 Å². The van der Waals surface area contributed by atoms with Gasteiger partial charge in [-0.3, -0.25) is 19.3 Å². The number of fused-ring (bicyclic) bond motifs is 2. The summed E-state index contributed by atoms with van der Waals surface area (Å²) in [4.78, 5) is 43.0. The number of amides is 3. The van der Waals surface area contributed by atoms with Crippen LogP contribution in [-0.2, 0) is 11.3 Å². The van der Waals surface area contributed by atoms with Gasteiger partial charge >= 0.3 is 0 Å². The van der Waals surface area contributed by atoms with Gasteiger partial charge in [0, 0.05) is 11.9 Å². The zero-order chi connectivity index (χ0) is 19.1. The summed E-state index contributed by atoms with van der Waals surface area (Å²) in [5.41, 5.74) is 3.20. The lowest BCUT2D eigenvalue weighted by Crippen LogP contribution is -2.47. The van der Waals surface area contributed by atoms with Crippen molar-refractivity contribution in [3.05, 3.63) is 71.2 Å². The smallest absolute Gasteiger partial charge is 0.262 e. The van der Waals surface area contributed by atoms with Crippen LogP contribution >= 0.6 is 0 Å². The molecule has 136 valence electrons. The van der Waals surface area contributed by atoms with Gasteiger partial charge in [0.25, 0.3) is 11.8 Å². The highest BCUT2D eigenvalue weighted by molar-refractivity contribution is 6.22. The number of hydrogen-bond acceptors (Lipinski definition) is 4. The summed E-state index contributed by atoms with van der Waals surface area (Å²) in [5, 5.41) is 2.76. The summed E-state index contributed by atoms with van der Waals surface area (Å²) in [6, 6.07) is 11.5. The maximum Gasteiger partial charge on any atom is 0.262 e. The van der Waals surface area contributed by atoms with Gasteiger partial charge in [-0.15, -0.1) is 0 Å². The first kappa shape index (κ1) is 17.0. The first-order valence-corrected chi connectivity index (χ1v) is 8.65. The van der Waals surface area contributed by atoms with E-state index in [1.807, 2.05) is 35.7 Å². The minimum absolute atomic E-state index is 0.216. The van der Waals surface area contributed by atoms with E-state index in [-0.39, 0.29) is 6.54 Å². The molecule has 2 aromatic heterocycles. The van der Waals surface area contributed by atoms with E-state index in [0.717, 1.165) is 16.2 Å². The van der Waals surface area contributed by atoms with Crippen molar-refractivity contribution < 1.29 is 14.4 Å². The summed E-state index contributed by atoms with van der Waals surface area (Å²) in [6.45, 7) is 3.74. The van der Waals surface area contributed by atoms with Crippen LogP contribution in [0.4, 0.5) is 0 Å². The minimum atomic E-state index is -0.906. The van der Waals surface area contributed by atoms with E-state index in [1.54, 1.807) is 31.2 Å². The van der Waals surface area contributed by atoms with Gasteiger partial charge in [-0.2, -0.15) is 0 Å². The molecule has 1 N–H and O–H groups in total. The Morgan fingerprint density at radius 1 is 1.07 bits per heavy atom. The fraction of sp³-hybridized carbons (Fsp3) is 0.200. The number of imide groups is 1. The average Bonchev–Trinajstić information content (AvgIpc) is 3.20. The van der Waals surface area contributed by atoms with Crippen molar-refractivity contribution in [1.29, 1.82) is 0 Å². The number of nitrogens with zero attached hydrogens (tertiary/aromatic N) is 3. The second-order valence-corrected chi connectivity index (χ2v) is 6.55. The lowest BCUT2D eigenvalue weighted by atomic mass is 10.1. The van der Waals surface area contributed by atoms with Crippen LogP contribution in [0.15, 0.2) is 48.7 Å². The van der Waals surface area contributed by atoms with E-state index >= 15 is 0 Å². The van der Waals surface area contributed by atoms with Crippen molar-refractivity contribution in [3.63, 3.8) is 0 Å². The molecule has 1 aliphatic heterocycles. The number of nitrogens with one attached hydrogen (secondary N) is 1. The van der Waals surface area contributed by atoms with Crippen molar-refractivity contribution >= 4 is 23.4 Å². The molecule has 7 nitrogen and oxygen atoms in total. The largest absolute Gasteiger partial charge is 0.349 e. The van der Waals surface area contributed by atoms with E-state index in [9.17, 15) is 14.4 Å². The number of benzene rings is 1. The molecule has 7 heteroatoms. The highest BCUT2D eigenvalue weighted by Gasteiger charge is 2.40. The molecule has 0 aliphatic carbocycles. The van der Waals surface area contributed by atoms with Crippen molar-refractivity contribution in [2.45, 2.75) is 26.4 Å². The molecular weight excluding hydrogens is 344 g/mol. The van der Waals surface area contributed by atoms with Crippen LogP contribution in [0.5, 0.6) is 0 Å². The number of carbonyl (C=O) groups excluding carboxylic acids is 3. The summed E-state index contributed by atoms with van der Waals surface area (Å²) in [6.07, 6.45) is 1.86. The fourth-order valence-electron chi connectivity index (χ4n) is 3.29. The minimum Gasteiger partial charge on any atom is -0.349 e. The molecular formula is C20H18N4O3. The van der Waals surface area contributed by atoms with Crippen LogP contribution in [0, 0.1) is 6.92 Å². The van der Waals surface area contributed by atoms with Gasteiger partial charge in [0.2, 0.25) is 5.91 Å². The third-order valence-electron chi connectivity index (χ3n) is 4.78. The van der Waals surface area contributed by atoms with E-state index in [0.29, 0.717) is 16.8 Å². The second kappa shape index (κ2) is 6.35. The Morgan fingerprint density at radius 2 is 1.74 bits per heavy atom. The van der Waals surface area contributed by atoms with Crippen molar-refractivity contribution in [2.24, 2.45) is 0 Å². The predicted molar refractivity (Wildman–Crippen MR) is 98.2 cm³/mol. The molecule has 27 heavy (non-hydrogen) atoms. The lowest BCUT2D eigenvalue weighted by molar-refractivity contribution is -0.124. The molecule has 0 radical (unpaired) electrons. The molecule has 1 unspecified atom stereocenters. The molecule has 0 fully saturated rings. The third kappa shape index (κ3) is 2.77. The Morgan fingerprint density at radius 3 is 2.37 bits per heavy atom. The zero-order valence-corrected chi connectivity index (χ0v) is 15.0. The molecule has 0 saturated heterocycles. The van der Waals surface area contributed by atoms with Gasteiger partial charge < -0.3 is 9.72 Å². The van der Waals surface area contributed by atoms with Gasteiger partial charge in [-0.25, -0.2) is 4.98 Å². The summed E-state index contributed by atoms with van der Waals surface area (Å²) in [5.74, 6) is -1.29. The molecule has 0 bridgehead atoms. The molecule has 0 spiro atoms. The quantitative estimate of drug-likeness (QED) is 0.719. The Balaban J connectivity index is 1.47. The molecule has 1 aromatic carbocycles. The van der Waals surface area contributed by atoms with Crippen LogP contribution in [0.25, 0.3) is 5.65 Å². The van der Waals surface area contributed by atoms with Gasteiger partial charge in [-0.1, -0.05) is 18.2 Å². The molecule has 0 saturated carbocycles. The van der Waals surface area contributed by atoms with Crippen molar-refractivity contribution in [3.8, 4) is 0 Å². The highest BCUT2D eigenvalue weighted by Crippen LogP contribution is 2.24. The van der Waals surface area contributed by atoms with Crippen LogP contribution in [0.3, 0.4) is 0 Å². The molecule has 3 amide bonds. The number of hydrogen-bond donors (Lipinski definition) is 1. The van der Waals surface area contributed by atoms with Crippen LogP contribution < -0.4 is 5.32 Å². The first-order chi connectivity index (χ1) is 13.0. The Bertz CT molecular complexity index is 1050. The number of carbonyl (C=O) groups is 3. The zero-order valence-electron chi connectivity index (χ0n) is 15.0. The Hall–Kier alpha value is -3.48. The molecule has 1 aliphatic rings. The van der Waals surface area contributed by atoms with E-state index in [4.69, 9.17) is 0 Å². The van der Waals surface area contributed by atoms with Crippen molar-refractivity contribution in [2.75, 3.05) is 0 Å². The number of rotatable bonds is 4. The average molecular weight is 362 g/mol. The van der Waals surface area contributed by atoms with Crippen LogP contribution in [0.1, 0.15) is 39.0 Å². The summed E-state index contributed by atoms with van der Waals surface area (Å²) >= 11 is 0. The van der Waals surface area contributed by atoms with Crippen LogP contribution in [0.2, 0.25) is 0 Å². The number of imidazole rings is 1. The second-order valence-electron chi connectivity index (χ2n) is 6.55. The number of aryl methyl sites for hydroxylation is 1. The SMILES string of the molecule is Cc1cccc2nc(CNC(=O)C(C)N3C(=O)c4ccccc4C3=O)cn12. The topological polar surface area (TPSA) is 83.8 Å². The van der Waals surface area contributed by atoms with Crippen LogP contribution in [-0.4, -0.2) is 38.0 Å². The fourth-order valence-corrected chi connectivity index (χ4v) is 3.29. The first-order valence-electron chi connectivity index (χ1n) is 8.65. The maximum atomic E-state index is 12.5. The van der Waals surface area contributed by atoms with E-state index < -0.39 is 23.8 Å². The maximum absolute atomic E-state index is 12.5. The highest BCUT2D eigenvalue weighted by atomic mass is 16.2. The third-order valence-corrected chi connectivity index (χ3v) is 4.78. The number of aromatic nitrogens is 2. The van der Waals surface area contributed by atoms with Gasteiger partial charge in [0.15, 0.2) is 0 Å². The van der Waals surface area contributed by atoms with E-state index in [2.05, 4.69) is 10.3 Å². The molecule has 3 aromatic rings. The van der Waals surface area contributed by atoms with E-state index in [1.165, 1.54) is 0 Å². The Labute approximate surface area is 155 Å². The van der Waals surface area contributed by atoms with Gasteiger partial charge in [0.1, 0.15) is 11.7 Å². The van der Waals surface area contributed by atoms with Gasteiger partial charge in [0.05, 0.1) is 23.4 Å². The summed E-state index contributed by atoms with van der Waals surface area (Å²) < 4.78 is 1.94. The Kier molecular flexibility index (Phi) is 3.99. The molecule has 3 heterocycles. The normalized spacial score (nSPS) is 14.5.